The van der Waals surface area contributed by atoms with Gasteiger partial charge in [0.05, 0.1) is 0 Å². The zero-order chi connectivity index (χ0) is 13.5. The van der Waals surface area contributed by atoms with Gasteiger partial charge in [-0.15, -0.1) is 0 Å². The van der Waals surface area contributed by atoms with Crippen LogP contribution in [0.4, 0.5) is 0 Å². The number of allylic oxidation sites excluding steroid dienone is 1. The Balaban J connectivity index is 1.99. The Labute approximate surface area is 119 Å². The van der Waals surface area contributed by atoms with Crippen LogP contribution in [0.2, 0.25) is 0 Å². The number of hydrogen-bond acceptors (Lipinski definition) is 0. The topological polar surface area (TPSA) is 0 Å². The summed E-state index contributed by atoms with van der Waals surface area (Å²) < 4.78 is 0. The molecule has 1 unspecified atom stereocenters. The van der Waals surface area contributed by atoms with E-state index in [0.29, 0.717) is 5.92 Å². The van der Waals surface area contributed by atoms with Crippen molar-refractivity contribution in [3.63, 3.8) is 0 Å². The zero-order valence-corrected chi connectivity index (χ0v) is 11.4. The van der Waals surface area contributed by atoms with Gasteiger partial charge >= 0.3 is 0 Å². The van der Waals surface area contributed by atoms with E-state index in [-0.39, 0.29) is 0 Å². The smallest absolute Gasteiger partial charge is 0.0311 e. The molecule has 0 aromatic heterocycles. The van der Waals surface area contributed by atoms with E-state index in [1.807, 2.05) is 6.07 Å². The molecular formula is C20H15. The summed E-state index contributed by atoms with van der Waals surface area (Å²) in [6.45, 7) is 2.22. The second kappa shape index (κ2) is 4.35. The quantitative estimate of drug-likeness (QED) is 0.561. The monoisotopic (exact) mass is 255 g/mol. The van der Waals surface area contributed by atoms with Crippen LogP contribution in [0.3, 0.4) is 0 Å². The second-order valence-electron chi connectivity index (χ2n) is 5.43. The molecule has 0 N–H and O–H groups in total. The van der Waals surface area contributed by atoms with Gasteiger partial charge in [-0.05, 0) is 40.5 Å². The lowest BCUT2D eigenvalue weighted by atomic mass is 9.86. The molecule has 0 heterocycles. The molecular weight excluding hydrogens is 240 g/mol. The van der Waals surface area contributed by atoms with Crippen LogP contribution in [0.5, 0.6) is 0 Å². The van der Waals surface area contributed by atoms with Crippen LogP contribution in [0, 0.1) is 6.07 Å². The largest absolute Gasteiger partial charge is 0.0616 e. The highest BCUT2D eigenvalue weighted by Gasteiger charge is 2.24. The van der Waals surface area contributed by atoms with Crippen molar-refractivity contribution in [3.8, 4) is 0 Å². The minimum atomic E-state index is 0.369. The predicted octanol–water partition coefficient (Wildman–Crippen LogP) is 5.19. The van der Waals surface area contributed by atoms with Gasteiger partial charge in [-0.2, -0.15) is 0 Å². The number of hydrogen-bond donors (Lipinski definition) is 0. The van der Waals surface area contributed by atoms with Crippen molar-refractivity contribution in [2.24, 2.45) is 0 Å². The van der Waals surface area contributed by atoms with Gasteiger partial charge in [0.2, 0.25) is 0 Å². The maximum absolute atomic E-state index is 3.35. The molecule has 0 saturated heterocycles. The normalized spacial score (nSPS) is 17.1. The third-order valence-electron chi connectivity index (χ3n) is 4.19. The highest BCUT2D eigenvalue weighted by molar-refractivity contribution is 5.88. The van der Waals surface area contributed by atoms with Crippen molar-refractivity contribution in [2.75, 3.05) is 0 Å². The van der Waals surface area contributed by atoms with Crippen LogP contribution >= 0.6 is 0 Å². The van der Waals surface area contributed by atoms with Gasteiger partial charge in [-0.25, -0.2) is 0 Å². The van der Waals surface area contributed by atoms with Crippen molar-refractivity contribution in [2.45, 2.75) is 12.8 Å². The van der Waals surface area contributed by atoms with Gasteiger partial charge in [0.1, 0.15) is 0 Å². The van der Waals surface area contributed by atoms with Gasteiger partial charge in [0, 0.05) is 5.92 Å². The molecule has 0 fully saturated rings. The van der Waals surface area contributed by atoms with Gasteiger partial charge < -0.3 is 0 Å². The van der Waals surface area contributed by atoms with Gasteiger partial charge in [0.25, 0.3) is 0 Å². The molecule has 95 valence electrons. The van der Waals surface area contributed by atoms with Crippen LogP contribution in [-0.4, -0.2) is 0 Å². The molecule has 1 radical (unpaired) electrons. The first-order chi connectivity index (χ1) is 9.84. The first-order valence-corrected chi connectivity index (χ1v) is 7.01. The fourth-order valence-corrected chi connectivity index (χ4v) is 3.31. The minimum absolute atomic E-state index is 0.369. The molecule has 0 amide bonds. The molecule has 20 heavy (non-hydrogen) atoms. The second-order valence-corrected chi connectivity index (χ2v) is 5.43. The summed E-state index contributed by atoms with van der Waals surface area (Å²) in [6, 6.07) is 24.9. The van der Waals surface area contributed by atoms with E-state index in [0.717, 1.165) is 0 Å². The maximum Gasteiger partial charge on any atom is 0.0311 e. The van der Waals surface area contributed by atoms with Crippen molar-refractivity contribution in [1.29, 1.82) is 0 Å². The first-order valence-electron chi connectivity index (χ1n) is 7.01. The fourth-order valence-electron chi connectivity index (χ4n) is 3.31. The highest BCUT2D eigenvalue weighted by Crippen LogP contribution is 2.42. The molecule has 1 aliphatic carbocycles. The Bertz CT molecular complexity index is 819. The van der Waals surface area contributed by atoms with Crippen LogP contribution in [0.1, 0.15) is 29.5 Å². The summed E-state index contributed by atoms with van der Waals surface area (Å²) in [4.78, 5) is 0. The van der Waals surface area contributed by atoms with E-state index in [2.05, 4.69) is 73.7 Å². The molecule has 0 heteroatoms. The Kier molecular flexibility index (Phi) is 2.50. The first kappa shape index (κ1) is 11.5. The molecule has 3 aromatic rings. The highest BCUT2D eigenvalue weighted by atomic mass is 14.3. The molecule has 0 bridgehead atoms. The summed E-state index contributed by atoms with van der Waals surface area (Å²) in [5, 5.41) is 2.66. The van der Waals surface area contributed by atoms with Crippen molar-refractivity contribution in [3.05, 3.63) is 89.0 Å². The van der Waals surface area contributed by atoms with E-state index in [1.165, 1.54) is 33.0 Å². The summed E-state index contributed by atoms with van der Waals surface area (Å²) >= 11 is 0. The van der Waals surface area contributed by atoms with Crippen LogP contribution in [0.25, 0.3) is 16.8 Å². The number of benzene rings is 3. The van der Waals surface area contributed by atoms with Gasteiger partial charge in [-0.3, -0.25) is 0 Å². The number of fused-ring (bicyclic) bond motifs is 2. The Morgan fingerprint density at radius 3 is 2.60 bits per heavy atom. The third kappa shape index (κ3) is 1.61. The lowest BCUT2D eigenvalue weighted by Crippen LogP contribution is -2.00. The lowest BCUT2D eigenvalue weighted by Gasteiger charge is -2.17. The Morgan fingerprint density at radius 2 is 1.65 bits per heavy atom. The van der Waals surface area contributed by atoms with E-state index in [4.69, 9.17) is 0 Å². The van der Waals surface area contributed by atoms with Crippen LogP contribution in [-0.2, 0) is 0 Å². The van der Waals surface area contributed by atoms with E-state index >= 15 is 0 Å². The fraction of sp³-hybridized carbons (Fsp3) is 0.100. The average Bonchev–Trinajstić information content (AvgIpc) is 2.82. The number of rotatable bonds is 1. The van der Waals surface area contributed by atoms with Crippen LogP contribution < -0.4 is 0 Å². The molecule has 0 saturated carbocycles. The molecule has 3 aromatic carbocycles. The van der Waals surface area contributed by atoms with Crippen molar-refractivity contribution in [1.82, 2.24) is 0 Å². The predicted molar refractivity (Wildman–Crippen MR) is 84.7 cm³/mol. The zero-order valence-electron chi connectivity index (χ0n) is 11.4. The molecule has 0 nitrogen and oxygen atoms in total. The van der Waals surface area contributed by atoms with Crippen LogP contribution in [0.15, 0.2) is 66.2 Å². The molecule has 1 aliphatic rings. The summed E-state index contributed by atoms with van der Waals surface area (Å²) in [5.74, 6) is 0.369. The summed E-state index contributed by atoms with van der Waals surface area (Å²) in [7, 11) is 0. The van der Waals surface area contributed by atoms with Crippen molar-refractivity contribution < 1.29 is 0 Å². The van der Waals surface area contributed by atoms with E-state index in [1.54, 1.807) is 0 Å². The maximum atomic E-state index is 3.35. The van der Waals surface area contributed by atoms with Gasteiger partial charge in [-0.1, -0.05) is 72.3 Å². The molecule has 1 atom stereocenters. The SMILES string of the molecule is CC1=Cc2[c]cccc2C1c1cccc2ccccc12. The average molecular weight is 255 g/mol. The molecule has 4 rings (SSSR count). The van der Waals surface area contributed by atoms with Crippen molar-refractivity contribution >= 4 is 16.8 Å². The lowest BCUT2D eigenvalue weighted by molar-refractivity contribution is 0.988. The minimum Gasteiger partial charge on any atom is -0.0616 e. The molecule has 0 spiro atoms. The standard InChI is InChI=1S/C20H15/c1-14-13-16-8-3-5-11-18(16)20(14)19-12-6-9-15-7-2-4-10-17(15)19/h2-7,9-13,20H,1H3. The van der Waals surface area contributed by atoms with Gasteiger partial charge in [0.15, 0.2) is 0 Å². The third-order valence-corrected chi connectivity index (χ3v) is 4.19. The van der Waals surface area contributed by atoms with E-state index in [9.17, 15) is 0 Å². The van der Waals surface area contributed by atoms with E-state index < -0.39 is 0 Å². The Morgan fingerprint density at radius 1 is 0.850 bits per heavy atom. The molecule has 0 aliphatic heterocycles. The summed E-state index contributed by atoms with van der Waals surface area (Å²) in [6.07, 6.45) is 2.27. The summed E-state index contributed by atoms with van der Waals surface area (Å²) in [5.41, 5.74) is 5.42. The Hall–Kier alpha value is -2.34.